The van der Waals surface area contributed by atoms with E-state index in [0.29, 0.717) is 0 Å². The Bertz CT molecular complexity index is 2090. The van der Waals surface area contributed by atoms with Crippen molar-refractivity contribution in [2.24, 2.45) is 0 Å². The standard InChI is InChI=1S/2C16H11N2.C14H8.2Pt/c2*1-2-7-13(8-3-1)14-10-6-11-16(18-14)15-9-4-5-12-17-15;1-2-6-12-10-14-8-4-3-7-13(14)9-11(12)5-1;;/h2*1-7,9-12H;1-5,7,9-10H;;/q2*-1;-2;2*+2. The van der Waals surface area contributed by atoms with E-state index in [1.165, 1.54) is 10.8 Å². The first-order chi connectivity index (χ1) is 24.8. The normalized spacial score (nSPS) is 10.0. The number of pyridine rings is 4. The number of aromatic nitrogens is 4. The minimum absolute atomic E-state index is 0. The maximum Gasteiger partial charge on any atom is 2.00 e. The maximum absolute atomic E-state index is 4.62. The van der Waals surface area contributed by atoms with Gasteiger partial charge in [0.25, 0.3) is 0 Å². The van der Waals surface area contributed by atoms with E-state index < -0.39 is 0 Å². The molecule has 0 atom stereocenters. The first kappa shape index (κ1) is 37.8. The van der Waals surface area contributed by atoms with E-state index in [2.05, 4.69) is 68.5 Å². The summed E-state index contributed by atoms with van der Waals surface area (Å²) >= 11 is 0. The van der Waals surface area contributed by atoms with Gasteiger partial charge in [-0.25, -0.2) is 0 Å². The second-order valence-electron chi connectivity index (χ2n) is 11.2. The summed E-state index contributed by atoms with van der Waals surface area (Å²) in [5.74, 6) is 0. The molecule has 0 saturated heterocycles. The second kappa shape index (κ2) is 19.3. The van der Waals surface area contributed by atoms with Gasteiger partial charge in [-0.15, -0.1) is 154 Å². The van der Waals surface area contributed by atoms with E-state index in [1.807, 2.05) is 146 Å². The maximum atomic E-state index is 4.62. The van der Waals surface area contributed by atoms with Crippen molar-refractivity contribution < 1.29 is 42.1 Å². The smallest absolute Gasteiger partial charge is 0.295 e. The molecule has 254 valence electrons. The first-order valence-corrected chi connectivity index (χ1v) is 16.2. The van der Waals surface area contributed by atoms with E-state index in [4.69, 9.17) is 0 Å². The zero-order chi connectivity index (χ0) is 33.8. The van der Waals surface area contributed by atoms with E-state index in [1.54, 1.807) is 12.4 Å². The van der Waals surface area contributed by atoms with Crippen molar-refractivity contribution >= 4 is 21.5 Å². The van der Waals surface area contributed by atoms with Crippen molar-refractivity contribution in [3.63, 3.8) is 0 Å². The largest absolute Gasteiger partial charge is 2.00 e. The third-order valence-electron chi connectivity index (χ3n) is 7.77. The molecule has 0 bridgehead atoms. The van der Waals surface area contributed by atoms with Crippen LogP contribution in [0.4, 0.5) is 0 Å². The third kappa shape index (κ3) is 9.89. The Kier molecular flexibility index (Phi) is 14.0. The number of benzene rings is 5. The minimum Gasteiger partial charge on any atom is -0.295 e. The number of nitrogens with zero attached hydrogens (tertiary/aromatic N) is 4. The van der Waals surface area contributed by atoms with Crippen LogP contribution in [0.5, 0.6) is 0 Å². The van der Waals surface area contributed by atoms with Crippen LogP contribution in [0.1, 0.15) is 0 Å². The van der Waals surface area contributed by atoms with E-state index >= 15 is 0 Å². The second-order valence-corrected chi connectivity index (χ2v) is 11.2. The monoisotopic (exact) mass is 1030 g/mol. The van der Waals surface area contributed by atoms with Gasteiger partial charge in [0, 0.05) is 12.4 Å². The van der Waals surface area contributed by atoms with Gasteiger partial charge < -0.3 is 0 Å². The molecule has 0 aliphatic heterocycles. The van der Waals surface area contributed by atoms with Gasteiger partial charge in [0.15, 0.2) is 0 Å². The van der Waals surface area contributed by atoms with Gasteiger partial charge >= 0.3 is 42.1 Å². The summed E-state index contributed by atoms with van der Waals surface area (Å²) in [5.41, 5.74) is 7.35. The molecule has 5 aromatic carbocycles. The summed E-state index contributed by atoms with van der Waals surface area (Å²) in [7, 11) is 0. The van der Waals surface area contributed by atoms with Gasteiger partial charge in [-0.3, -0.25) is 19.9 Å². The quantitative estimate of drug-likeness (QED) is 0.130. The van der Waals surface area contributed by atoms with E-state index in [0.717, 1.165) is 56.1 Å². The SMILES string of the molecule is [Pt+2].[Pt+2].[c-]1cccc2cc3ccc[c-]c3cc12.[c-]1ccccc1-c1cccc(-c2ccccn2)n1.[c-]1ccccc1-c1cccc(-c2ccccn2)n1. The Balaban J connectivity index is 0.000000149. The van der Waals surface area contributed by atoms with Crippen LogP contribution in [0.2, 0.25) is 0 Å². The molecule has 9 rings (SSSR count). The molecule has 6 heteroatoms. The minimum atomic E-state index is 0. The molecule has 0 spiro atoms. The van der Waals surface area contributed by atoms with E-state index in [-0.39, 0.29) is 42.1 Å². The van der Waals surface area contributed by atoms with Crippen molar-refractivity contribution in [1.82, 2.24) is 19.9 Å². The van der Waals surface area contributed by atoms with Crippen molar-refractivity contribution in [2.75, 3.05) is 0 Å². The molecule has 0 N–H and O–H groups in total. The number of hydrogen-bond donors (Lipinski definition) is 0. The molecule has 0 fully saturated rings. The van der Waals surface area contributed by atoms with Gasteiger partial charge in [0.2, 0.25) is 0 Å². The van der Waals surface area contributed by atoms with Crippen LogP contribution in [0.25, 0.3) is 66.8 Å². The summed E-state index contributed by atoms with van der Waals surface area (Å²) in [4.78, 5) is 17.9. The summed E-state index contributed by atoms with van der Waals surface area (Å²) in [5, 5.41) is 4.78. The number of fused-ring (bicyclic) bond motifs is 2. The topological polar surface area (TPSA) is 51.6 Å². The van der Waals surface area contributed by atoms with Crippen molar-refractivity contribution in [2.45, 2.75) is 0 Å². The predicted molar refractivity (Wildman–Crippen MR) is 203 cm³/mol. The number of rotatable bonds is 4. The van der Waals surface area contributed by atoms with Gasteiger partial charge in [0.05, 0.1) is 22.8 Å². The molecular formula is C46H30N4Pt2. The Hall–Kier alpha value is -5.40. The van der Waals surface area contributed by atoms with Crippen LogP contribution in [0.15, 0.2) is 182 Å². The van der Waals surface area contributed by atoms with Crippen LogP contribution in [-0.4, -0.2) is 19.9 Å². The fourth-order valence-corrected chi connectivity index (χ4v) is 5.33. The van der Waals surface area contributed by atoms with Crippen LogP contribution >= 0.6 is 0 Å². The van der Waals surface area contributed by atoms with Crippen LogP contribution in [-0.2, 0) is 42.1 Å². The van der Waals surface area contributed by atoms with Crippen LogP contribution in [0.3, 0.4) is 0 Å². The molecule has 4 aromatic heterocycles. The molecule has 0 aliphatic rings. The molecule has 0 saturated carbocycles. The van der Waals surface area contributed by atoms with Crippen molar-refractivity contribution in [1.29, 1.82) is 0 Å². The summed E-state index contributed by atoms with van der Waals surface area (Å²) in [6, 6.07) is 68.5. The van der Waals surface area contributed by atoms with Gasteiger partial charge in [-0.1, -0.05) is 36.4 Å². The zero-order valence-corrected chi connectivity index (χ0v) is 32.3. The predicted octanol–water partition coefficient (Wildman–Crippen LogP) is 10.8. The average molecular weight is 1030 g/mol. The molecule has 0 amide bonds. The van der Waals surface area contributed by atoms with Gasteiger partial charge in [-0.2, -0.15) is 0 Å². The molecule has 0 unspecified atom stereocenters. The zero-order valence-electron chi connectivity index (χ0n) is 27.7. The molecule has 9 aromatic rings. The Morgan fingerprint density at radius 3 is 1.17 bits per heavy atom. The molecule has 0 radical (unpaired) electrons. The molecule has 4 heterocycles. The molecular weight excluding hydrogens is 999 g/mol. The van der Waals surface area contributed by atoms with Gasteiger partial charge in [-0.05, 0) is 47.8 Å². The van der Waals surface area contributed by atoms with Crippen LogP contribution in [0, 0.1) is 24.3 Å². The summed E-state index contributed by atoms with van der Waals surface area (Å²) < 4.78 is 0. The average Bonchev–Trinajstić information content (AvgIpc) is 3.22. The Morgan fingerprint density at radius 2 is 0.750 bits per heavy atom. The summed E-state index contributed by atoms with van der Waals surface area (Å²) in [6.45, 7) is 0. The van der Waals surface area contributed by atoms with Crippen molar-refractivity contribution in [3.8, 4) is 45.3 Å². The fraction of sp³-hybridized carbons (Fsp3) is 0. The Labute approximate surface area is 333 Å². The van der Waals surface area contributed by atoms with Crippen LogP contribution < -0.4 is 0 Å². The van der Waals surface area contributed by atoms with Crippen molar-refractivity contribution in [3.05, 3.63) is 207 Å². The third-order valence-corrected chi connectivity index (χ3v) is 7.77. The summed E-state index contributed by atoms with van der Waals surface area (Å²) in [6.07, 6.45) is 3.55. The number of hydrogen-bond acceptors (Lipinski definition) is 4. The fourth-order valence-electron chi connectivity index (χ4n) is 5.33. The molecule has 4 nitrogen and oxygen atoms in total. The van der Waals surface area contributed by atoms with E-state index in [9.17, 15) is 0 Å². The first-order valence-electron chi connectivity index (χ1n) is 16.2. The van der Waals surface area contributed by atoms with Gasteiger partial charge in [0.1, 0.15) is 0 Å². The molecule has 0 aliphatic carbocycles. The molecule has 52 heavy (non-hydrogen) atoms. The Morgan fingerprint density at radius 1 is 0.327 bits per heavy atom.